The molecule has 1 heterocycles. The third-order valence-corrected chi connectivity index (χ3v) is 5.46. The molecule has 1 aromatic carbocycles. The van der Waals surface area contributed by atoms with Crippen LogP contribution in [-0.2, 0) is 0 Å². The van der Waals surface area contributed by atoms with E-state index in [1.165, 1.54) is 30.5 Å². The van der Waals surface area contributed by atoms with Gasteiger partial charge in [-0.3, -0.25) is 0 Å². The highest BCUT2D eigenvalue weighted by molar-refractivity contribution is 5.57. The number of aryl methyl sites for hydroxylation is 1. The van der Waals surface area contributed by atoms with Gasteiger partial charge >= 0.3 is 0 Å². The molecule has 0 amide bonds. The van der Waals surface area contributed by atoms with E-state index in [9.17, 15) is 0 Å². The molecule has 1 aliphatic carbocycles. The van der Waals surface area contributed by atoms with Crippen molar-refractivity contribution in [2.75, 3.05) is 4.90 Å². The van der Waals surface area contributed by atoms with E-state index in [1.807, 2.05) is 0 Å². The molecule has 110 valence electrons. The van der Waals surface area contributed by atoms with Crippen molar-refractivity contribution in [1.82, 2.24) is 0 Å². The smallest absolute Gasteiger partial charge is 0.0402 e. The van der Waals surface area contributed by atoms with Crippen LogP contribution in [-0.4, -0.2) is 11.6 Å². The largest absolute Gasteiger partial charge is 0.363 e. The van der Waals surface area contributed by atoms with E-state index in [4.69, 9.17) is 2.74 Å². The minimum atomic E-state index is -1.18. The van der Waals surface area contributed by atoms with E-state index < -0.39 is 11.9 Å². The Labute approximate surface area is 127 Å². The van der Waals surface area contributed by atoms with Crippen LogP contribution in [0.3, 0.4) is 0 Å². The number of nitrogens with zero attached hydrogens (tertiary/aromatic N) is 1. The molecule has 1 aromatic rings. The molecule has 0 N–H and O–H groups in total. The zero-order chi connectivity index (χ0) is 16.2. The SMILES string of the molecule is [2H]C1([2H])C2(CCCCC2)[C@H](C)N(c2ccccc2C)C1(C)C. The van der Waals surface area contributed by atoms with E-state index >= 15 is 0 Å². The summed E-state index contributed by atoms with van der Waals surface area (Å²) in [5, 5.41) is 0. The second-order valence-electron chi connectivity index (χ2n) is 7.23. The number of anilines is 1. The maximum Gasteiger partial charge on any atom is 0.0402 e. The molecule has 20 heavy (non-hydrogen) atoms. The predicted molar refractivity (Wildman–Crippen MR) is 87.3 cm³/mol. The van der Waals surface area contributed by atoms with Gasteiger partial charge in [0.25, 0.3) is 0 Å². The third kappa shape index (κ3) is 2.06. The van der Waals surface area contributed by atoms with Gasteiger partial charge in [-0.15, -0.1) is 0 Å². The summed E-state index contributed by atoms with van der Waals surface area (Å²) in [6, 6.07) is 8.67. The topological polar surface area (TPSA) is 3.24 Å². The average molecular weight is 273 g/mol. The lowest BCUT2D eigenvalue weighted by Gasteiger charge is -2.41. The van der Waals surface area contributed by atoms with Crippen molar-refractivity contribution in [1.29, 1.82) is 0 Å². The second kappa shape index (κ2) is 4.79. The van der Waals surface area contributed by atoms with Crippen LogP contribution < -0.4 is 4.90 Å². The van der Waals surface area contributed by atoms with Crippen molar-refractivity contribution in [3.8, 4) is 0 Å². The Hall–Kier alpha value is -0.980. The summed E-state index contributed by atoms with van der Waals surface area (Å²) in [6.45, 7) is 8.59. The normalized spacial score (nSPS) is 32.0. The van der Waals surface area contributed by atoms with E-state index in [-0.39, 0.29) is 11.5 Å². The molecule has 1 heteroatoms. The van der Waals surface area contributed by atoms with Crippen molar-refractivity contribution in [2.24, 2.45) is 5.41 Å². The number of hydrogen-bond donors (Lipinski definition) is 0. The number of para-hydroxylation sites is 1. The first-order valence-electron chi connectivity index (χ1n) is 9.11. The molecule has 1 saturated carbocycles. The monoisotopic (exact) mass is 273 g/mol. The maximum absolute atomic E-state index is 9.04. The van der Waals surface area contributed by atoms with Crippen molar-refractivity contribution >= 4 is 5.69 Å². The lowest BCUT2D eigenvalue weighted by atomic mass is 9.68. The van der Waals surface area contributed by atoms with E-state index in [2.05, 4.69) is 56.9 Å². The first-order chi connectivity index (χ1) is 10.3. The standard InChI is InChI=1S/C19H29N/c1-15-10-6-7-11-17(15)20-16(2)19(14-18(20,3)4)12-8-5-9-13-19/h6-7,10-11,16H,5,8-9,12-14H2,1-4H3/t16-/m0/s1/i14D2. The van der Waals surface area contributed by atoms with Gasteiger partial charge in [0, 0.05) is 20.0 Å². The summed E-state index contributed by atoms with van der Waals surface area (Å²) < 4.78 is 18.1. The van der Waals surface area contributed by atoms with Crippen LogP contribution in [0.2, 0.25) is 0 Å². The summed E-state index contributed by atoms with van der Waals surface area (Å²) >= 11 is 0. The first kappa shape index (κ1) is 11.7. The molecule has 1 spiro atoms. The van der Waals surface area contributed by atoms with Crippen LogP contribution in [0.1, 0.15) is 67.6 Å². The zero-order valence-electron chi connectivity index (χ0n) is 15.4. The second-order valence-corrected chi connectivity index (χ2v) is 7.23. The minimum Gasteiger partial charge on any atom is -0.363 e. The molecule has 2 aliphatic rings. The summed E-state index contributed by atoms with van der Waals surface area (Å²) in [6.07, 6.45) is 4.46. The predicted octanol–water partition coefficient (Wildman–Crippen LogP) is 5.32. The molecule has 0 radical (unpaired) electrons. The first-order valence-corrected chi connectivity index (χ1v) is 8.11. The third-order valence-electron chi connectivity index (χ3n) is 5.46. The minimum absolute atomic E-state index is 0.211. The molecular formula is C19H29N. The molecule has 2 fully saturated rings. The van der Waals surface area contributed by atoms with Gasteiger partial charge in [0.1, 0.15) is 0 Å². The highest BCUT2D eigenvalue weighted by Gasteiger charge is 2.53. The highest BCUT2D eigenvalue weighted by atomic mass is 15.3. The molecule has 1 nitrogen and oxygen atoms in total. The molecular weight excluding hydrogens is 242 g/mol. The van der Waals surface area contributed by atoms with Gasteiger partial charge < -0.3 is 4.90 Å². The fourth-order valence-electron chi connectivity index (χ4n) is 4.57. The van der Waals surface area contributed by atoms with E-state index in [0.717, 1.165) is 12.8 Å². The lowest BCUT2D eigenvalue weighted by Crippen LogP contribution is -2.44. The van der Waals surface area contributed by atoms with Crippen molar-refractivity contribution in [3.63, 3.8) is 0 Å². The Morgan fingerprint density at radius 3 is 2.45 bits per heavy atom. The van der Waals surface area contributed by atoms with Gasteiger partial charge in [0.15, 0.2) is 0 Å². The van der Waals surface area contributed by atoms with Crippen LogP contribution in [0.4, 0.5) is 5.69 Å². The Kier molecular flexibility index (Phi) is 2.79. The number of rotatable bonds is 1. The van der Waals surface area contributed by atoms with Crippen LogP contribution in [0.15, 0.2) is 24.3 Å². The van der Waals surface area contributed by atoms with Crippen LogP contribution >= 0.6 is 0 Å². The zero-order valence-corrected chi connectivity index (χ0v) is 13.4. The Morgan fingerprint density at radius 2 is 1.80 bits per heavy atom. The number of benzene rings is 1. The van der Waals surface area contributed by atoms with Gasteiger partial charge in [-0.2, -0.15) is 0 Å². The molecule has 0 aromatic heterocycles. The quantitative estimate of drug-likeness (QED) is 0.669. The molecule has 1 aliphatic heterocycles. The summed E-state index contributed by atoms with van der Waals surface area (Å²) in [5.41, 5.74) is 1.74. The van der Waals surface area contributed by atoms with Gasteiger partial charge in [-0.25, -0.2) is 0 Å². The Balaban J connectivity index is 2.14. The molecule has 0 unspecified atom stereocenters. The fourth-order valence-corrected chi connectivity index (χ4v) is 4.57. The molecule has 1 saturated heterocycles. The van der Waals surface area contributed by atoms with E-state index in [0.29, 0.717) is 0 Å². The van der Waals surface area contributed by atoms with Crippen LogP contribution in [0, 0.1) is 12.3 Å². The van der Waals surface area contributed by atoms with Gasteiger partial charge in [0.05, 0.1) is 0 Å². The van der Waals surface area contributed by atoms with Gasteiger partial charge in [0.2, 0.25) is 0 Å². The molecule has 3 rings (SSSR count). The molecule has 0 bridgehead atoms. The fraction of sp³-hybridized carbons (Fsp3) is 0.684. The summed E-state index contributed by atoms with van der Waals surface area (Å²) in [4.78, 5) is 2.38. The van der Waals surface area contributed by atoms with E-state index in [1.54, 1.807) is 0 Å². The van der Waals surface area contributed by atoms with Crippen LogP contribution in [0.25, 0.3) is 0 Å². The molecule has 1 atom stereocenters. The van der Waals surface area contributed by atoms with Gasteiger partial charge in [-0.1, -0.05) is 37.5 Å². The van der Waals surface area contributed by atoms with Crippen molar-refractivity contribution < 1.29 is 2.74 Å². The Morgan fingerprint density at radius 1 is 1.15 bits per heavy atom. The van der Waals surface area contributed by atoms with Crippen molar-refractivity contribution in [2.45, 2.75) is 77.8 Å². The number of hydrogen-bond acceptors (Lipinski definition) is 1. The maximum atomic E-state index is 9.04. The summed E-state index contributed by atoms with van der Waals surface area (Å²) in [5.74, 6) is 0. The van der Waals surface area contributed by atoms with Crippen molar-refractivity contribution in [3.05, 3.63) is 29.8 Å². The van der Waals surface area contributed by atoms with Gasteiger partial charge in [-0.05, 0) is 64.0 Å². The highest BCUT2D eigenvalue weighted by Crippen LogP contribution is 2.55. The van der Waals surface area contributed by atoms with Crippen LogP contribution in [0.5, 0.6) is 0 Å². The summed E-state index contributed by atoms with van der Waals surface area (Å²) in [7, 11) is 0. The Bertz CT molecular complexity index is 558. The average Bonchev–Trinajstić information content (AvgIpc) is 2.58. The lowest BCUT2D eigenvalue weighted by molar-refractivity contribution is 0.170.